The van der Waals surface area contributed by atoms with Crippen LogP contribution in [-0.2, 0) is 6.54 Å². The highest BCUT2D eigenvalue weighted by Gasteiger charge is 2.16. The third-order valence-electron chi connectivity index (χ3n) is 6.78. The molecule has 3 aromatic rings. The number of rotatable bonds is 7. The second-order valence-electron chi connectivity index (χ2n) is 9.57. The van der Waals surface area contributed by atoms with Crippen molar-refractivity contribution in [2.45, 2.75) is 13.5 Å². The van der Waals surface area contributed by atoms with Crippen LogP contribution in [0.3, 0.4) is 0 Å². The van der Waals surface area contributed by atoms with Gasteiger partial charge in [0, 0.05) is 68.1 Å². The molecule has 1 aromatic heterocycles. The molecule has 8 heteroatoms. The maximum Gasteiger partial charge on any atom is 0.255 e. The zero-order valence-electron chi connectivity index (χ0n) is 21.4. The fourth-order valence-corrected chi connectivity index (χ4v) is 4.47. The highest BCUT2D eigenvalue weighted by molar-refractivity contribution is 6.04. The number of aliphatic imine (C=N–C) groups is 1. The monoisotopic (exact) mass is 495 g/mol. The van der Waals surface area contributed by atoms with Gasteiger partial charge in [-0.25, -0.2) is 0 Å². The summed E-state index contributed by atoms with van der Waals surface area (Å²) in [6.07, 6.45) is 7.36. The molecule has 0 saturated carbocycles. The van der Waals surface area contributed by atoms with Crippen LogP contribution in [0.5, 0.6) is 0 Å². The van der Waals surface area contributed by atoms with Gasteiger partial charge in [0.15, 0.2) is 0 Å². The summed E-state index contributed by atoms with van der Waals surface area (Å²) in [6, 6.07) is 17.7. The molecule has 2 N–H and O–H groups in total. The fourth-order valence-electron chi connectivity index (χ4n) is 4.47. The Labute approximate surface area is 218 Å². The van der Waals surface area contributed by atoms with E-state index in [9.17, 15) is 4.79 Å². The van der Waals surface area contributed by atoms with Gasteiger partial charge in [-0.1, -0.05) is 18.2 Å². The molecule has 190 valence electrons. The largest absolute Gasteiger partial charge is 0.322 e. The third kappa shape index (κ3) is 6.22. The Morgan fingerprint density at radius 2 is 1.84 bits per heavy atom. The van der Waals surface area contributed by atoms with Crippen molar-refractivity contribution < 1.29 is 4.79 Å². The van der Waals surface area contributed by atoms with Crippen LogP contribution in [0, 0.1) is 6.92 Å². The van der Waals surface area contributed by atoms with E-state index < -0.39 is 0 Å². The molecule has 1 fully saturated rings. The van der Waals surface area contributed by atoms with E-state index in [0.29, 0.717) is 12.2 Å². The normalized spacial score (nSPS) is 16.4. The molecule has 0 radical (unpaired) electrons. The zero-order chi connectivity index (χ0) is 25.6. The molecule has 0 spiro atoms. The molecule has 2 aromatic carbocycles. The number of allylic oxidation sites excluding steroid dienone is 1. The van der Waals surface area contributed by atoms with Crippen LogP contribution in [0.4, 0.5) is 11.4 Å². The summed E-state index contributed by atoms with van der Waals surface area (Å²) in [4.78, 5) is 26.4. The predicted molar refractivity (Wildman–Crippen MR) is 149 cm³/mol. The smallest absolute Gasteiger partial charge is 0.255 e. The van der Waals surface area contributed by atoms with E-state index in [1.807, 2.05) is 66.7 Å². The van der Waals surface area contributed by atoms with Crippen LogP contribution in [0.25, 0.3) is 5.70 Å². The molecule has 1 saturated heterocycles. The molecule has 0 unspecified atom stereocenters. The molecule has 3 heterocycles. The molecule has 1 amide bonds. The number of hydrogen-bond donors (Lipinski definition) is 2. The number of piperazine rings is 1. The minimum absolute atomic E-state index is 0.125. The van der Waals surface area contributed by atoms with Crippen molar-refractivity contribution >= 4 is 29.2 Å². The molecular formula is C29H33N7O. The number of pyridine rings is 1. The van der Waals surface area contributed by atoms with Gasteiger partial charge in [0.1, 0.15) is 6.67 Å². The van der Waals surface area contributed by atoms with E-state index in [4.69, 9.17) is 0 Å². The first-order valence-electron chi connectivity index (χ1n) is 12.6. The van der Waals surface area contributed by atoms with Crippen LogP contribution >= 0.6 is 0 Å². The number of nitrogens with one attached hydrogen (secondary N) is 2. The number of carbonyl (C=O) groups is 1. The summed E-state index contributed by atoms with van der Waals surface area (Å²) in [5.74, 6) is -0.125. The van der Waals surface area contributed by atoms with Gasteiger partial charge in [-0.2, -0.15) is 0 Å². The molecular weight excluding hydrogens is 462 g/mol. The number of amides is 1. The molecule has 2 aliphatic heterocycles. The summed E-state index contributed by atoms with van der Waals surface area (Å²) in [5, 5.41) is 5.02. The Morgan fingerprint density at radius 1 is 1.03 bits per heavy atom. The van der Waals surface area contributed by atoms with E-state index in [2.05, 4.69) is 49.7 Å². The maximum atomic E-state index is 13.0. The average molecular weight is 496 g/mol. The van der Waals surface area contributed by atoms with Crippen molar-refractivity contribution in [2.24, 2.45) is 4.99 Å². The lowest BCUT2D eigenvalue weighted by Gasteiger charge is -2.32. The quantitative estimate of drug-likeness (QED) is 0.514. The van der Waals surface area contributed by atoms with E-state index in [1.54, 1.807) is 12.4 Å². The zero-order valence-corrected chi connectivity index (χ0v) is 21.4. The number of anilines is 2. The Bertz CT molecular complexity index is 1280. The number of carbonyl (C=O) groups excluding carboxylic acids is 1. The lowest BCUT2D eigenvalue weighted by Crippen LogP contribution is -2.43. The number of hydrazine groups is 1. The van der Waals surface area contributed by atoms with Crippen molar-refractivity contribution in [3.63, 3.8) is 0 Å². The summed E-state index contributed by atoms with van der Waals surface area (Å²) >= 11 is 0. The van der Waals surface area contributed by atoms with Gasteiger partial charge in [0.05, 0.1) is 11.4 Å². The van der Waals surface area contributed by atoms with Crippen LogP contribution < -0.4 is 10.7 Å². The van der Waals surface area contributed by atoms with E-state index in [-0.39, 0.29) is 5.91 Å². The third-order valence-corrected chi connectivity index (χ3v) is 6.78. The van der Waals surface area contributed by atoms with Crippen molar-refractivity contribution in [2.75, 3.05) is 50.6 Å². The van der Waals surface area contributed by atoms with Gasteiger partial charge in [0.2, 0.25) is 0 Å². The van der Waals surface area contributed by atoms with Crippen LogP contribution in [0.15, 0.2) is 78.1 Å². The van der Waals surface area contributed by atoms with Gasteiger partial charge in [0.25, 0.3) is 5.91 Å². The molecule has 0 aliphatic carbocycles. The first-order valence-corrected chi connectivity index (χ1v) is 12.6. The molecule has 0 bridgehead atoms. The van der Waals surface area contributed by atoms with Crippen molar-refractivity contribution in [1.82, 2.24) is 19.8 Å². The number of hydrogen-bond acceptors (Lipinski definition) is 7. The summed E-state index contributed by atoms with van der Waals surface area (Å²) in [7, 11) is 2.16. The molecule has 0 atom stereocenters. The highest BCUT2D eigenvalue weighted by Crippen LogP contribution is 2.26. The molecule has 2 aliphatic rings. The van der Waals surface area contributed by atoms with Gasteiger partial charge in [-0.05, 0) is 67.6 Å². The van der Waals surface area contributed by atoms with Crippen LogP contribution in [0.2, 0.25) is 0 Å². The topological polar surface area (TPSA) is 76.1 Å². The van der Waals surface area contributed by atoms with Crippen molar-refractivity contribution in [3.05, 3.63) is 95.3 Å². The van der Waals surface area contributed by atoms with E-state index in [1.165, 1.54) is 5.56 Å². The standard InChI is InChI=1S/C29H33N7O/c1-22-5-10-26(18-27(22)33-36-21-31-13-11-28(36)25-4-3-12-30-19-25)32-29(37)24-8-6-23(7-9-24)20-35-16-14-34(2)15-17-35/h3-13,18-19,33H,14-17,20-21H2,1-2H3,(H,32,37). The Morgan fingerprint density at radius 3 is 2.59 bits per heavy atom. The number of aromatic nitrogens is 1. The summed E-state index contributed by atoms with van der Waals surface area (Å²) < 4.78 is 0. The summed E-state index contributed by atoms with van der Waals surface area (Å²) in [6.45, 7) is 7.77. The van der Waals surface area contributed by atoms with Gasteiger partial charge in [-0.15, -0.1) is 0 Å². The number of likely N-dealkylation sites (N-methyl/N-ethyl adjacent to an activating group) is 1. The molecule has 37 heavy (non-hydrogen) atoms. The Balaban J connectivity index is 1.23. The second kappa shape index (κ2) is 11.4. The Hall–Kier alpha value is -4.01. The van der Waals surface area contributed by atoms with Crippen molar-refractivity contribution in [1.29, 1.82) is 0 Å². The second-order valence-corrected chi connectivity index (χ2v) is 9.57. The van der Waals surface area contributed by atoms with Gasteiger partial charge >= 0.3 is 0 Å². The van der Waals surface area contributed by atoms with Crippen LogP contribution in [-0.4, -0.2) is 71.8 Å². The summed E-state index contributed by atoms with van der Waals surface area (Å²) in [5.41, 5.74) is 10.00. The van der Waals surface area contributed by atoms with Crippen molar-refractivity contribution in [3.8, 4) is 0 Å². The maximum absolute atomic E-state index is 13.0. The van der Waals surface area contributed by atoms with Gasteiger partial charge in [-0.3, -0.25) is 30.1 Å². The number of aryl methyl sites for hydroxylation is 1. The Kier molecular flexibility index (Phi) is 7.58. The minimum Gasteiger partial charge on any atom is -0.322 e. The number of nitrogens with zero attached hydrogens (tertiary/aromatic N) is 5. The van der Waals surface area contributed by atoms with E-state index >= 15 is 0 Å². The first-order chi connectivity index (χ1) is 18.0. The van der Waals surface area contributed by atoms with Crippen LogP contribution in [0.1, 0.15) is 27.0 Å². The first kappa shape index (κ1) is 24.7. The lowest BCUT2D eigenvalue weighted by atomic mass is 10.1. The minimum atomic E-state index is -0.125. The van der Waals surface area contributed by atoms with Gasteiger partial charge < -0.3 is 10.2 Å². The molecule has 8 nitrogen and oxygen atoms in total. The fraction of sp³-hybridized carbons (Fsp3) is 0.276. The highest BCUT2D eigenvalue weighted by atomic mass is 16.1. The average Bonchev–Trinajstić information content (AvgIpc) is 2.93. The number of benzene rings is 2. The lowest BCUT2D eigenvalue weighted by molar-refractivity contribution is 0.102. The predicted octanol–water partition coefficient (Wildman–Crippen LogP) is 4.10. The molecule has 5 rings (SSSR count). The van der Waals surface area contributed by atoms with E-state index in [0.717, 1.165) is 60.9 Å². The SMILES string of the molecule is Cc1ccc(NC(=O)c2ccc(CN3CCN(C)CC3)cc2)cc1NN1CN=CC=C1c1cccnc1.